The molecule has 1 aromatic carbocycles. The number of carbonyl (C=O) groups excluding carboxylic acids is 1. The van der Waals surface area contributed by atoms with Crippen LogP contribution in [0.15, 0.2) is 61.1 Å². The molecule has 3 aromatic heterocycles. The maximum Gasteiger partial charge on any atom is 0.225 e. The highest BCUT2D eigenvalue weighted by molar-refractivity contribution is 5.77. The number of pyridine rings is 1. The Morgan fingerprint density at radius 3 is 2.64 bits per heavy atom. The standard InChI is InChI=1S/C25H24FN7O3/c26-18-5-3-16(4-6-18)22-23(33-20(32-22)10-21-35-13-17(14-36-21)24(27)34)19-7-9-29-25(31-19)30-12-15-2-1-8-28-11-15/h1-9,11,17,21H,10,12-14H2,(H2,27,34)(H,32,33)(H,29,30,31). The minimum absolute atomic E-state index is 0.191. The quantitative estimate of drug-likeness (QED) is 0.343. The largest absolute Gasteiger partial charge is 0.369 e. The number of anilines is 1. The van der Waals surface area contributed by atoms with Gasteiger partial charge in [-0.1, -0.05) is 6.07 Å². The molecule has 1 amide bonds. The van der Waals surface area contributed by atoms with Crippen LogP contribution in [0.5, 0.6) is 0 Å². The molecule has 0 aliphatic carbocycles. The Hall–Kier alpha value is -4.22. The fourth-order valence-electron chi connectivity index (χ4n) is 3.77. The van der Waals surface area contributed by atoms with Crippen molar-refractivity contribution in [1.82, 2.24) is 24.9 Å². The normalized spacial score (nSPS) is 17.6. The highest BCUT2D eigenvalue weighted by Gasteiger charge is 2.27. The van der Waals surface area contributed by atoms with Gasteiger partial charge in [0.1, 0.15) is 11.6 Å². The lowest BCUT2D eigenvalue weighted by Gasteiger charge is -2.27. The van der Waals surface area contributed by atoms with E-state index >= 15 is 0 Å². The molecule has 0 saturated carbocycles. The summed E-state index contributed by atoms with van der Waals surface area (Å²) >= 11 is 0. The molecule has 1 saturated heterocycles. The number of hydrogen-bond donors (Lipinski definition) is 3. The maximum atomic E-state index is 13.6. The SMILES string of the molecule is NC(=O)C1COC(Cc2nc(-c3ccc(F)cc3)c(-c3ccnc(NCc4cccnc4)n3)[nH]2)OC1. The van der Waals surface area contributed by atoms with Crippen LogP contribution in [-0.4, -0.2) is 50.3 Å². The Bertz CT molecular complexity index is 1320. The number of amides is 1. The topological polar surface area (TPSA) is 141 Å². The zero-order chi connectivity index (χ0) is 24.9. The van der Waals surface area contributed by atoms with Crippen molar-refractivity contribution in [2.75, 3.05) is 18.5 Å². The van der Waals surface area contributed by atoms with Crippen molar-refractivity contribution < 1.29 is 18.7 Å². The molecule has 1 aliphatic rings. The Labute approximate surface area is 206 Å². The second-order valence-corrected chi connectivity index (χ2v) is 8.29. The molecule has 0 radical (unpaired) electrons. The van der Waals surface area contributed by atoms with Crippen molar-refractivity contribution in [3.63, 3.8) is 0 Å². The first-order valence-corrected chi connectivity index (χ1v) is 11.4. The number of ether oxygens (including phenoxy) is 2. The summed E-state index contributed by atoms with van der Waals surface area (Å²) in [6.45, 7) is 0.894. The van der Waals surface area contributed by atoms with E-state index in [4.69, 9.17) is 20.2 Å². The van der Waals surface area contributed by atoms with E-state index in [0.717, 1.165) is 11.1 Å². The van der Waals surface area contributed by atoms with Gasteiger partial charge in [-0.15, -0.1) is 0 Å². The molecular weight excluding hydrogens is 465 g/mol. The molecule has 1 aliphatic heterocycles. The van der Waals surface area contributed by atoms with E-state index < -0.39 is 18.1 Å². The van der Waals surface area contributed by atoms with Crippen LogP contribution in [0, 0.1) is 11.7 Å². The Morgan fingerprint density at radius 1 is 1.11 bits per heavy atom. The summed E-state index contributed by atoms with van der Waals surface area (Å²) in [5.74, 6) is -0.233. The van der Waals surface area contributed by atoms with E-state index in [-0.39, 0.29) is 19.0 Å². The van der Waals surface area contributed by atoms with Crippen LogP contribution in [0.25, 0.3) is 22.6 Å². The van der Waals surface area contributed by atoms with Crippen molar-refractivity contribution in [3.05, 3.63) is 78.3 Å². The monoisotopic (exact) mass is 489 g/mol. The van der Waals surface area contributed by atoms with Gasteiger partial charge < -0.3 is 25.5 Å². The molecule has 1 fully saturated rings. The second-order valence-electron chi connectivity index (χ2n) is 8.29. The highest BCUT2D eigenvalue weighted by Crippen LogP contribution is 2.30. The zero-order valence-corrected chi connectivity index (χ0v) is 19.2. The summed E-state index contributed by atoms with van der Waals surface area (Å²) in [5, 5.41) is 3.20. The number of H-pyrrole nitrogens is 1. The second kappa shape index (κ2) is 10.6. The molecule has 184 valence electrons. The Balaban J connectivity index is 1.40. The van der Waals surface area contributed by atoms with Crippen molar-refractivity contribution in [2.45, 2.75) is 19.3 Å². The molecule has 5 rings (SSSR count). The summed E-state index contributed by atoms with van der Waals surface area (Å²) < 4.78 is 24.9. The molecule has 0 unspecified atom stereocenters. The summed E-state index contributed by atoms with van der Waals surface area (Å²) in [6, 6.07) is 11.7. The third kappa shape index (κ3) is 5.53. The number of nitrogens with zero attached hydrogens (tertiary/aromatic N) is 4. The number of benzene rings is 1. The first kappa shape index (κ1) is 23.5. The predicted octanol–water partition coefficient (Wildman–Crippen LogP) is 2.70. The van der Waals surface area contributed by atoms with E-state index in [9.17, 15) is 9.18 Å². The van der Waals surface area contributed by atoms with Gasteiger partial charge in [0.05, 0.1) is 42.6 Å². The van der Waals surface area contributed by atoms with Crippen LogP contribution in [0.4, 0.5) is 10.3 Å². The number of aromatic nitrogens is 5. The van der Waals surface area contributed by atoms with Crippen LogP contribution in [-0.2, 0) is 27.2 Å². The average Bonchev–Trinajstić information content (AvgIpc) is 3.33. The van der Waals surface area contributed by atoms with Gasteiger partial charge in [-0.25, -0.2) is 19.3 Å². The number of rotatable bonds is 8. The van der Waals surface area contributed by atoms with Gasteiger partial charge in [-0.05, 0) is 42.0 Å². The molecular formula is C25H24FN7O3. The Kier molecular flexibility index (Phi) is 6.92. The van der Waals surface area contributed by atoms with Gasteiger partial charge in [0.25, 0.3) is 0 Å². The van der Waals surface area contributed by atoms with E-state index in [1.165, 1.54) is 12.1 Å². The molecule has 4 aromatic rings. The summed E-state index contributed by atoms with van der Waals surface area (Å²) in [5.41, 5.74) is 8.90. The van der Waals surface area contributed by atoms with E-state index in [1.54, 1.807) is 36.8 Å². The van der Waals surface area contributed by atoms with Gasteiger partial charge in [0, 0.05) is 30.7 Å². The lowest BCUT2D eigenvalue weighted by molar-refractivity contribution is -0.199. The number of primary amides is 1. The van der Waals surface area contributed by atoms with Crippen LogP contribution in [0.2, 0.25) is 0 Å². The van der Waals surface area contributed by atoms with Gasteiger partial charge in [0.2, 0.25) is 11.9 Å². The van der Waals surface area contributed by atoms with Gasteiger partial charge >= 0.3 is 0 Å². The minimum Gasteiger partial charge on any atom is -0.369 e. The number of halogens is 1. The van der Waals surface area contributed by atoms with Crippen LogP contribution in [0.3, 0.4) is 0 Å². The van der Waals surface area contributed by atoms with E-state index in [0.29, 0.717) is 41.8 Å². The summed E-state index contributed by atoms with van der Waals surface area (Å²) in [7, 11) is 0. The third-order valence-electron chi connectivity index (χ3n) is 5.68. The van der Waals surface area contributed by atoms with Crippen molar-refractivity contribution in [2.24, 2.45) is 11.7 Å². The van der Waals surface area contributed by atoms with Gasteiger partial charge in [-0.2, -0.15) is 0 Å². The van der Waals surface area contributed by atoms with Gasteiger partial charge in [0.15, 0.2) is 6.29 Å². The van der Waals surface area contributed by atoms with Gasteiger partial charge in [-0.3, -0.25) is 9.78 Å². The number of hydrogen-bond acceptors (Lipinski definition) is 8. The smallest absolute Gasteiger partial charge is 0.225 e. The maximum absolute atomic E-state index is 13.6. The summed E-state index contributed by atoms with van der Waals surface area (Å²) in [4.78, 5) is 32.5. The number of nitrogens with one attached hydrogen (secondary N) is 2. The van der Waals surface area contributed by atoms with Crippen LogP contribution >= 0.6 is 0 Å². The molecule has 0 atom stereocenters. The number of imidazole rings is 1. The molecule has 11 heteroatoms. The van der Waals surface area contributed by atoms with Crippen LogP contribution < -0.4 is 11.1 Å². The number of carbonyl (C=O) groups is 1. The Morgan fingerprint density at radius 2 is 1.92 bits per heavy atom. The van der Waals surface area contributed by atoms with E-state index in [2.05, 4.69) is 25.3 Å². The highest BCUT2D eigenvalue weighted by atomic mass is 19.1. The zero-order valence-electron chi connectivity index (χ0n) is 19.2. The molecule has 4 N–H and O–H groups in total. The molecule has 0 bridgehead atoms. The first-order chi connectivity index (χ1) is 17.5. The van der Waals surface area contributed by atoms with E-state index in [1.807, 2.05) is 12.1 Å². The lowest BCUT2D eigenvalue weighted by atomic mass is 10.1. The molecule has 10 nitrogen and oxygen atoms in total. The minimum atomic E-state index is -0.581. The number of aromatic amines is 1. The fraction of sp³-hybridized carbons (Fsp3) is 0.240. The van der Waals surface area contributed by atoms with Crippen molar-refractivity contribution in [3.8, 4) is 22.6 Å². The summed E-state index contributed by atoms with van der Waals surface area (Å²) in [6.07, 6.45) is 4.87. The fourth-order valence-corrected chi connectivity index (χ4v) is 3.77. The first-order valence-electron chi connectivity index (χ1n) is 11.4. The molecule has 36 heavy (non-hydrogen) atoms. The van der Waals surface area contributed by atoms with Crippen LogP contribution in [0.1, 0.15) is 11.4 Å². The third-order valence-corrected chi connectivity index (χ3v) is 5.68. The number of nitrogens with two attached hydrogens (primary N) is 1. The van der Waals surface area contributed by atoms with Crippen molar-refractivity contribution >= 4 is 11.9 Å². The average molecular weight is 490 g/mol. The molecule has 4 heterocycles. The van der Waals surface area contributed by atoms with Crippen molar-refractivity contribution in [1.29, 1.82) is 0 Å². The molecule has 0 spiro atoms. The lowest BCUT2D eigenvalue weighted by Crippen LogP contribution is -2.40. The predicted molar refractivity (Wildman–Crippen MR) is 129 cm³/mol.